The Morgan fingerprint density at radius 1 is 1.33 bits per heavy atom. The van der Waals surface area contributed by atoms with Crippen molar-refractivity contribution in [3.63, 3.8) is 0 Å². The molecule has 0 bridgehead atoms. The fraction of sp³-hybridized carbons (Fsp3) is 0.200. The molecule has 3 rings (SSSR count). The van der Waals surface area contributed by atoms with Gasteiger partial charge in [0.05, 0.1) is 0 Å². The van der Waals surface area contributed by atoms with E-state index in [4.69, 9.17) is 9.47 Å². The van der Waals surface area contributed by atoms with Gasteiger partial charge in [0.1, 0.15) is 5.69 Å². The van der Waals surface area contributed by atoms with E-state index in [1.807, 2.05) is 24.3 Å². The summed E-state index contributed by atoms with van der Waals surface area (Å²) in [5.41, 5.74) is 2.20. The summed E-state index contributed by atoms with van der Waals surface area (Å²) >= 11 is 0. The number of ether oxygens (including phenoxy) is 2. The van der Waals surface area contributed by atoms with E-state index in [2.05, 4.69) is 15.6 Å². The summed E-state index contributed by atoms with van der Waals surface area (Å²) in [4.78, 5) is 15.6. The normalized spacial score (nSPS) is 12.0. The molecule has 0 saturated heterocycles. The predicted octanol–water partition coefficient (Wildman–Crippen LogP) is 1.78. The molecule has 1 aromatic carbocycles. The zero-order valence-electron chi connectivity index (χ0n) is 11.6. The lowest BCUT2D eigenvalue weighted by atomic mass is 10.2. The highest BCUT2D eigenvalue weighted by molar-refractivity contribution is 5.92. The van der Waals surface area contributed by atoms with Crippen LogP contribution in [0.1, 0.15) is 16.1 Å². The Hall–Kier alpha value is -2.76. The molecule has 0 atom stereocenters. The Bertz CT molecular complexity index is 673. The van der Waals surface area contributed by atoms with E-state index < -0.39 is 0 Å². The molecular formula is C15H15N3O3. The monoisotopic (exact) mass is 285 g/mol. The van der Waals surface area contributed by atoms with Crippen LogP contribution < -0.4 is 20.1 Å². The fourth-order valence-electron chi connectivity index (χ4n) is 2.12. The largest absolute Gasteiger partial charge is 0.454 e. The van der Waals surface area contributed by atoms with Gasteiger partial charge in [-0.3, -0.25) is 9.78 Å². The van der Waals surface area contributed by atoms with E-state index in [0.717, 1.165) is 22.7 Å². The first-order valence-electron chi connectivity index (χ1n) is 6.57. The highest BCUT2D eigenvalue weighted by Crippen LogP contribution is 2.35. The maximum atomic E-state index is 11.6. The molecule has 21 heavy (non-hydrogen) atoms. The molecule has 2 heterocycles. The third-order valence-corrected chi connectivity index (χ3v) is 3.18. The van der Waals surface area contributed by atoms with Gasteiger partial charge in [0.2, 0.25) is 6.79 Å². The second kappa shape index (κ2) is 5.70. The van der Waals surface area contributed by atoms with Gasteiger partial charge in [-0.05, 0) is 18.2 Å². The van der Waals surface area contributed by atoms with Crippen molar-refractivity contribution in [3.05, 3.63) is 47.8 Å². The van der Waals surface area contributed by atoms with Crippen LogP contribution in [-0.2, 0) is 6.54 Å². The Labute approximate surface area is 122 Å². The minimum Gasteiger partial charge on any atom is -0.454 e. The van der Waals surface area contributed by atoms with Gasteiger partial charge < -0.3 is 20.1 Å². The number of aromatic nitrogens is 1. The Morgan fingerprint density at radius 2 is 2.24 bits per heavy atom. The number of hydrogen-bond acceptors (Lipinski definition) is 5. The topological polar surface area (TPSA) is 72.5 Å². The van der Waals surface area contributed by atoms with E-state index in [-0.39, 0.29) is 12.7 Å². The van der Waals surface area contributed by atoms with E-state index in [1.165, 1.54) is 0 Å². The SMILES string of the molecule is CNC(=O)c1cc(NCc2cccc3c2OCO3)ccn1. The first-order chi connectivity index (χ1) is 10.3. The molecule has 0 aliphatic carbocycles. The van der Waals surface area contributed by atoms with Crippen LogP contribution in [0.2, 0.25) is 0 Å². The molecule has 0 saturated carbocycles. The lowest BCUT2D eigenvalue weighted by Crippen LogP contribution is -2.19. The second-order valence-corrected chi connectivity index (χ2v) is 4.51. The number of nitrogens with zero attached hydrogens (tertiary/aromatic N) is 1. The molecule has 2 N–H and O–H groups in total. The zero-order valence-corrected chi connectivity index (χ0v) is 11.6. The average molecular weight is 285 g/mol. The zero-order chi connectivity index (χ0) is 14.7. The molecule has 1 aliphatic rings. The van der Waals surface area contributed by atoms with Crippen LogP contribution in [0.15, 0.2) is 36.5 Å². The highest BCUT2D eigenvalue weighted by atomic mass is 16.7. The smallest absolute Gasteiger partial charge is 0.269 e. The van der Waals surface area contributed by atoms with Gasteiger partial charge in [-0.2, -0.15) is 0 Å². The first-order valence-corrected chi connectivity index (χ1v) is 6.57. The number of fused-ring (bicyclic) bond motifs is 1. The molecule has 1 aromatic heterocycles. The molecule has 6 nitrogen and oxygen atoms in total. The summed E-state index contributed by atoms with van der Waals surface area (Å²) in [7, 11) is 1.58. The van der Waals surface area contributed by atoms with Gasteiger partial charge in [-0.1, -0.05) is 12.1 Å². The van der Waals surface area contributed by atoms with Crippen molar-refractivity contribution < 1.29 is 14.3 Å². The van der Waals surface area contributed by atoms with Crippen LogP contribution >= 0.6 is 0 Å². The molecule has 1 aliphatic heterocycles. The van der Waals surface area contributed by atoms with E-state index in [0.29, 0.717) is 12.2 Å². The van der Waals surface area contributed by atoms with Gasteiger partial charge in [-0.15, -0.1) is 0 Å². The molecule has 2 aromatic rings. The summed E-state index contributed by atoms with van der Waals surface area (Å²) in [5.74, 6) is 1.32. The van der Waals surface area contributed by atoms with E-state index in [1.54, 1.807) is 19.3 Å². The van der Waals surface area contributed by atoms with Gasteiger partial charge in [-0.25, -0.2) is 0 Å². The lowest BCUT2D eigenvalue weighted by molar-refractivity contribution is 0.0958. The second-order valence-electron chi connectivity index (χ2n) is 4.51. The summed E-state index contributed by atoms with van der Waals surface area (Å²) in [6.07, 6.45) is 1.60. The van der Waals surface area contributed by atoms with Gasteiger partial charge >= 0.3 is 0 Å². The van der Waals surface area contributed by atoms with Gasteiger partial charge in [0.15, 0.2) is 11.5 Å². The van der Waals surface area contributed by atoms with Crippen molar-refractivity contribution in [2.75, 3.05) is 19.2 Å². The first kappa shape index (κ1) is 13.2. The van der Waals surface area contributed by atoms with Crippen molar-refractivity contribution in [1.29, 1.82) is 0 Å². The maximum Gasteiger partial charge on any atom is 0.269 e. The van der Waals surface area contributed by atoms with Crippen LogP contribution in [0.3, 0.4) is 0 Å². The maximum absolute atomic E-state index is 11.6. The van der Waals surface area contributed by atoms with Crippen molar-refractivity contribution in [1.82, 2.24) is 10.3 Å². The van der Waals surface area contributed by atoms with Crippen molar-refractivity contribution in [2.45, 2.75) is 6.54 Å². The minimum absolute atomic E-state index is 0.212. The van der Waals surface area contributed by atoms with E-state index in [9.17, 15) is 4.79 Å². The Morgan fingerprint density at radius 3 is 3.10 bits per heavy atom. The number of para-hydroxylation sites is 1. The highest BCUT2D eigenvalue weighted by Gasteiger charge is 2.16. The third kappa shape index (κ3) is 2.74. The summed E-state index contributed by atoms with van der Waals surface area (Å²) < 4.78 is 10.8. The van der Waals surface area contributed by atoms with Crippen LogP contribution in [0.25, 0.3) is 0 Å². The Kier molecular flexibility index (Phi) is 3.59. The van der Waals surface area contributed by atoms with Crippen molar-refractivity contribution in [2.24, 2.45) is 0 Å². The molecule has 0 spiro atoms. The van der Waals surface area contributed by atoms with Crippen LogP contribution in [0.4, 0.5) is 5.69 Å². The van der Waals surface area contributed by atoms with Crippen molar-refractivity contribution >= 4 is 11.6 Å². The van der Waals surface area contributed by atoms with Crippen LogP contribution in [-0.4, -0.2) is 24.7 Å². The third-order valence-electron chi connectivity index (χ3n) is 3.18. The number of pyridine rings is 1. The van der Waals surface area contributed by atoms with Crippen LogP contribution in [0, 0.1) is 0 Å². The molecular weight excluding hydrogens is 270 g/mol. The van der Waals surface area contributed by atoms with Crippen molar-refractivity contribution in [3.8, 4) is 11.5 Å². The molecule has 0 unspecified atom stereocenters. The standard InChI is InChI=1S/C15H15N3O3/c1-16-15(19)12-7-11(5-6-17-12)18-8-10-3-2-4-13-14(10)21-9-20-13/h2-7H,8-9H2,1H3,(H,16,19)(H,17,18). The number of benzene rings is 1. The van der Waals surface area contributed by atoms with Gasteiger partial charge in [0, 0.05) is 31.0 Å². The number of anilines is 1. The number of nitrogens with one attached hydrogen (secondary N) is 2. The summed E-state index contributed by atoms with van der Waals surface area (Å²) in [5, 5.41) is 5.80. The number of carbonyl (C=O) groups is 1. The molecule has 6 heteroatoms. The molecule has 1 amide bonds. The number of rotatable bonds is 4. The fourth-order valence-corrected chi connectivity index (χ4v) is 2.12. The van der Waals surface area contributed by atoms with E-state index >= 15 is 0 Å². The Balaban J connectivity index is 1.74. The quantitative estimate of drug-likeness (QED) is 0.896. The summed E-state index contributed by atoms with van der Waals surface area (Å²) in [6, 6.07) is 9.29. The number of hydrogen-bond donors (Lipinski definition) is 2. The lowest BCUT2D eigenvalue weighted by Gasteiger charge is -2.09. The average Bonchev–Trinajstić information content (AvgIpc) is 3.01. The molecule has 0 fully saturated rings. The molecule has 108 valence electrons. The summed E-state index contributed by atoms with van der Waals surface area (Å²) in [6.45, 7) is 0.826. The van der Waals surface area contributed by atoms with Gasteiger partial charge in [0.25, 0.3) is 5.91 Å². The number of amides is 1. The predicted molar refractivity (Wildman–Crippen MR) is 77.5 cm³/mol. The number of carbonyl (C=O) groups excluding carboxylic acids is 1. The molecule has 0 radical (unpaired) electrons. The van der Waals surface area contributed by atoms with Crippen LogP contribution in [0.5, 0.6) is 11.5 Å². The minimum atomic E-state index is -0.212.